The lowest BCUT2D eigenvalue weighted by Crippen LogP contribution is -2.31. The van der Waals surface area contributed by atoms with Crippen LogP contribution in [0.5, 0.6) is 5.75 Å². The van der Waals surface area contributed by atoms with E-state index in [1.807, 2.05) is 13.0 Å². The van der Waals surface area contributed by atoms with Crippen LogP contribution in [0.2, 0.25) is 5.02 Å². The van der Waals surface area contributed by atoms with Crippen molar-refractivity contribution < 1.29 is 9.53 Å². The Bertz CT molecular complexity index is 436. The number of hydrogen-bond acceptors (Lipinski definition) is 3. The molecule has 4 nitrogen and oxygen atoms in total. The third-order valence-electron chi connectivity index (χ3n) is 2.65. The van der Waals surface area contributed by atoms with E-state index in [0.29, 0.717) is 29.8 Å². The van der Waals surface area contributed by atoms with Crippen LogP contribution in [0.1, 0.15) is 26.3 Å². The maximum Gasteiger partial charge on any atom is 0.257 e. The molecule has 1 amide bonds. The minimum Gasteiger partial charge on any atom is -0.483 e. The van der Waals surface area contributed by atoms with Crippen molar-refractivity contribution in [3.8, 4) is 5.75 Å². The van der Waals surface area contributed by atoms with Gasteiger partial charge >= 0.3 is 0 Å². The lowest BCUT2D eigenvalue weighted by Gasteiger charge is -2.13. The monoisotopic (exact) mass is 298 g/mol. The molecule has 0 spiro atoms. The van der Waals surface area contributed by atoms with Gasteiger partial charge in [0.1, 0.15) is 5.75 Å². The average Bonchev–Trinajstić information content (AvgIpc) is 2.41. The normalized spacial score (nSPS) is 10.7. The van der Waals surface area contributed by atoms with Gasteiger partial charge in [-0.3, -0.25) is 4.79 Å². The van der Waals surface area contributed by atoms with Crippen molar-refractivity contribution in [2.75, 3.05) is 19.7 Å². The number of benzene rings is 1. The Morgan fingerprint density at radius 2 is 2.15 bits per heavy atom. The maximum absolute atomic E-state index is 11.6. The summed E-state index contributed by atoms with van der Waals surface area (Å²) in [6, 6.07) is 5.41. The molecule has 0 aromatic heterocycles. The van der Waals surface area contributed by atoms with Gasteiger partial charge in [-0.05, 0) is 30.7 Å². The van der Waals surface area contributed by atoms with E-state index in [1.165, 1.54) is 0 Å². The molecule has 0 unspecified atom stereocenters. The third kappa shape index (κ3) is 6.26. The Hall–Kier alpha value is -1.26. The predicted molar refractivity (Wildman–Crippen MR) is 82.2 cm³/mol. The molecule has 0 aliphatic carbocycles. The summed E-state index contributed by atoms with van der Waals surface area (Å²) < 4.78 is 5.57. The van der Waals surface area contributed by atoms with Crippen LogP contribution in [0.15, 0.2) is 18.2 Å². The molecular formula is C15H23ClN2O2. The molecule has 0 heterocycles. The van der Waals surface area contributed by atoms with Crippen LogP contribution < -0.4 is 15.4 Å². The van der Waals surface area contributed by atoms with E-state index in [9.17, 15) is 4.79 Å². The quantitative estimate of drug-likeness (QED) is 0.775. The highest BCUT2D eigenvalue weighted by Gasteiger charge is 2.08. The van der Waals surface area contributed by atoms with Crippen molar-refractivity contribution in [1.29, 1.82) is 0 Å². The van der Waals surface area contributed by atoms with Gasteiger partial charge in [0.15, 0.2) is 6.61 Å². The number of carbonyl (C=O) groups excluding carboxylic acids is 1. The van der Waals surface area contributed by atoms with Crippen molar-refractivity contribution >= 4 is 17.5 Å². The minimum absolute atomic E-state index is 0.0213. The Morgan fingerprint density at radius 3 is 2.80 bits per heavy atom. The molecule has 2 N–H and O–H groups in total. The van der Waals surface area contributed by atoms with E-state index in [0.717, 1.165) is 12.1 Å². The fourth-order valence-corrected chi connectivity index (χ4v) is 1.79. The number of carbonyl (C=O) groups is 1. The zero-order chi connectivity index (χ0) is 15.0. The molecule has 0 bridgehead atoms. The summed E-state index contributed by atoms with van der Waals surface area (Å²) in [6.45, 7) is 8.34. The van der Waals surface area contributed by atoms with E-state index in [-0.39, 0.29) is 12.5 Å². The standard InChI is InChI=1S/C15H23ClN2O2/c1-4-17-9-12-7-13(16)5-6-14(12)20-10-15(19)18-8-11(2)3/h5-7,11,17H,4,8-10H2,1-3H3,(H,18,19). The molecule has 0 aliphatic heterocycles. The van der Waals surface area contributed by atoms with Gasteiger partial charge in [-0.15, -0.1) is 0 Å². The first kappa shape index (κ1) is 16.8. The lowest BCUT2D eigenvalue weighted by molar-refractivity contribution is -0.123. The number of nitrogens with one attached hydrogen (secondary N) is 2. The highest BCUT2D eigenvalue weighted by atomic mass is 35.5. The van der Waals surface area contributed by atoms with E-state index in [4.69, 9.17) is 16.3 Å². The average molecular weight is 299 g/mol. The predicted octanol–water partition coefficient (Wildman–Crippen LogP) is 2.60. The zero-order valence-electron chi connectivity index (χ0n) is 12.3. The number of rotatable bonds is 8. The van der Waals surface area contributed by atoms with E-state index < -0.39 is 0 Å². The molecule has 5 heteroatoms. The second-order valence-corrected chi connectivity index (χ2v) is 5.46. The van der Waals surface area contributed by atoms with Crippen LogP contribution in [-0.4, -0.2) is 25.6 Å². The molecule has 0 radical (unpaired) electrons. The summed E-state index contributed by atoms with van der Waals surface area (Å²) in [5.74, 6) is 1.01. The Labute approximate surface area is 125 Å². The van der Waals surface area contributed by atoms with Gasteiger partial charge in [-0.2, -0.15) is 0 Å². The molecule has 0 saturated heterocycles. The van der Waals surface area contributed by atoms with Crippen LogP contribution >= 0.6 is 11.6 Å². The number of ether oxygens (including phenoxy) is 1. The van der Waals surface area contributed by atoms with Crippen LogP contribution in [0.4, 0.5) is 0 Å². The first-order chi connectivity index (χ1) is 9.52. The maximum atomic E-state index is 11.6. The highest BCUT2D eigenvalue weighted by molar-refractivity contribution is 6.30. The van der Waals surface area contributed by atoms with Gasteiger partial charge < -0.3 is 15.4 Å². The number of halogens is 1. The van der Waals surface area contributed by atoms with E-state index in [1.54, 1.807) is 12.1 Å². The van der Waals surface area contributed by atoms with Crippen LogP contribution in [0.3, 0.4) is 0 Å². The molecule has 0 saturated carbocycles. The molecule has 1 rings (SSSR count). The van der Waals surface area contributed by atoms with Crippen molar-refractivity contribution in [2.45, 2.75) is 27.3 Å². The first-order valence-electron chi connectivity index (χ1n) is 6.91. The zero-order valence-corrected chi connectivity index (χ0v) is 13.1. The fourth-order valence-electron chi connectivity index (χ4n) is 1.60. The van der Waals surface area contributed by atoms with Gasteiger partial charge in [-0.25, -0.2) is 0 Å². The molecular weight excluding hydrogens is 276 g/mol. The molecule has 20 heavy (non-hydrogen) atoms. The fraction of sp³-hybridized carbons (Fsp3) is 0.533. The van der Waals surface area contributed by atoms with Gasteiger partial charge in [0, 0.05) is 23.7 Å². The Morgan fingerprint density at radius 1 is 1.40 bits per heavy atom. The second kappa shape index (κ2) is 8.82. The summed E-state index contributed by atoms with van der Waals surface area (Å²) in [5.41, 5.74) is 0.955. The lowest BCUT2D eigenvalue weighted by atomic mass is 10.2. The van der Waals surface area contributed by atoms with Crippen LogP contribution in [0, 0.1) is 5.92 Å². The van der Waals surface area contributed by atoms with Gasteiger partial charge in [0.25, 0.3) is 5.91 Å². The molecule has 112 valence electrons. The Balaban J connectivity index is 2.55. The molecule has 0 aliphatic rings. The second-order valence-electron chi connectivity index (χ2n) is 5.02. The molecule has 1 aromatic rings. The van der Waals surface area contributed by atoms with Gasteiger partial charge in [0.05, 0.1) is 0 Å². The molecule has 0 fully saturated rings. The smallest absolute Gasteiger partial charge is 0.257 e. The van der Waals surface area contributed by atoms with Crippen LogP contribution in [0.25, 0.3) is 0 Å². The third-order valence-corrected chi connectivity index (χ3v) is 2.89. The highest BCUT2D eigenvalue weighted by Crippen LogP contribution is 2.22. The summed E-state index contributed by atoms with van der Waals surface area (Å²) in [6.07, 6.45) is 0. The summed E-state index contributed by atoms with van der Waals surface area (Å²) >= 11 is 5.98. The summed E-state index contributed by atoms with van der Waals surface area (Å²) in [4.78, 5) is 11.6. The SMILES string of the molecule is CCNCc1cc(Cl)ccc1OCC(=O)NCC(C)C. The van der Waals surface area contributed by atoms with Gasteiger partial charge in [0.2, 0.25) is 0 Å². The Kier molecular flexibility index (Phi) is 7.41. The van der Waals surface area contributed by atoms with Crippen molar-refractivity contribution in [2.24, 2.45) is 5.92 Å². The molecule has 1 aromatic carbocycles. The number of hydrogen-bond donors (Lipinski definition) is 2. The van der Waals surface area contributed by atoms with Crippen molar-refractivity contribution in [1.82, 2.24) is 10.6 Å². The van der Waals surface area contributed by atoms with Crippen molar-refractivity contribution in [3.63, 3.8) is 0 Å². The van der Waals surface area contributed by atoms with Gasteiger partial charge in [-0.1, -0.05) is 32.4 Å². The van der Waals surface area contributed by atoms with E-state index in [2.05, 4.69) is 24.5 Å². The largest absolute Gasteiger partial charge is 0.483 e. The summed E-state index contributed by atoms with van der Waals surface area (Å²) in [7, 11) is 0. The first-order valence-corrected chi connectivity index (χ1v) is 7.29. The number of amides is 1. The summed E-state index contributed by atoms with van der Waals surface area (Å²) in [5, 5.41) is 6.70. The van der Waals surface area contributed by atoms with Crippen molar-refractivity contribution in [3.05, 3.63) is 28.8 Å². The van der Waals surface area contributed by atoms with Crippen LogP contribution in [-0.2, 0) is 11.3 Å². The topological polar surface area (TPSA) is 50.4 Å². The minimum atomic E-state index is -0.108. The van der Waals surface area contributed by atoms with E-state index >= 15 is 0 Å². The molecule has 0 atom stereocenters.